The SMILES string of the molecule is Cc1cc(-c2n[nH]c3ccc(Nc4ccnc(N)n4)cc23)ccc1O. The lowest BCUT2D eigenvalue weighted by molar-refractivity contribution is 0.471. The van der Waals surface area contributed by atoms with Crippen LogP contribution >= 0.6 is 0 Å². The van der Waals surface area contributed by atoms with Crippen molar-refractivity contribution < 1.29 is 5.11 Å². The van der Waals surface area contributed by atoms with E-state index in [0.29, 0.717) is 5.82 Å². The van der Waals surface area contributed by atoms with Crippen LogP contribution in [0, 0.1) is 6.92 Å². The predicted octanol–water partition coefficient (Wildman–Crippen LogP) is 3.36. The summed E-state index contributed by atoms with van der Waals surface area (Å²) in [6.07, 6.45) is 1.60. The Balaban J connectivity index is 1.76. The average Bonchev–Trinajstić information content (AvgIpc) is 3.01. The number of aromatic hydroxyl groups is 1. The number of hydrogen-bond acceptors (Lipinski definition) is 6. The van der Waals surface area contributed by atoms with Gasteiger partial charge in [0.1, 0.15) is 11.6 Å². The van der Waals surface area contributed by atoms with E-state index in [0.717, 1.165) is 33.4 Å². The number of nitrogens with one attached hydrogen (secondary N) is 2. The lowest BCUT2D eigenvalue weighted by Crippen LogP contribution is -1.98. The largest absolute Gasteiger partial charge is 0.508 e. The maximum Gasteiger partial charge on any atom is 0.221 e. The molecule has 0 radical (unpaired) electrons. The van der Waals surface area contributed by atoms with Crippen LogP contribution in [0.25, 0.3) is 22.2 Å². The Bertz CT molecular complexity index is 1070. The molecule has 0 atom stereocenters. The van der Waals surface area contributed by atoms with Crippen molar-refractivity contribution in [3.05, 3.63) is 54.2 Å². The maximum absolute atomic E-state index is 9.72. The van der Waals surface area contributed by atoms with Crippen LogP contribution in [0.3, 0.4) is 0 Å². The molecule has 0 spiro atoms. The molecule has 4 aromatic rings. The van der Waals surface area contributed by atoms with E-state index in [2.05, 4.69) is 25.5 Å². The minimum Gasteiger partial charge on any atom is -0.508 e. The summed E-state index contributed by atoms with van der Waals surface area (Å²) >= 11 is 0. The van der Waals surface area contributed by atoms with Crippen LogP contribution in [0.4, 0.5) is 17.5 Å². The van der Waals surface area contributed by atoms with Gasteiger partial charge in [-0.2, -0.15) is 10.1 Å². The summed E-state index contributed by atoms with van der Waals surface area (Å²) in [5.41, 5.74) is 9.97. The van der Waals surface area contributed by atoms with Gasteiger partial charge in [-0.15, -0.1) is 0 Å². The quantitative estimate of drug-likeness (QED) is 0.457. The van der Waals surface area contributed by atoms with Crippen LogP contribution < -0.4 is 11.1 Å². The fraction of sp³-hybridized carbons (Fsp3) is 0.0556. The van der Waals surface area contributed by atoms with Gasteiger partial charge >= 0.3 is 0 Å². The zero-order valence-corrected chi connectivity index (χ0v) is 13.5. The molecule has 0 aliphatic rings. The first-order valence-corrected chi connectivity index (χ1v) is 7.74. The number of phenols is 1. The molecule has 7 heteroatoms. The molecule has 0 fully saturated rings. The highest BCUT2D eigenvalue weighted by atomic mass is 16.3. The molecule has 7 nitrogen and oxygen atoms in total. The molecule has 0 saturated heterocycles. The number of nitrogen functional groups attached to an aromatic ring is 1. The van der Waals surface area contributed by atoms with E-state index < -0.39 is 0 Å². The van der Waals surface area contributed by atoms with E-state index >= 15 is 0 Å². The third-order valence-electron chi connectivity index (χ3n) is 3.98. The van der Waals surface area contributed by atoms with Crippen molar-refractivity contribution >= 4 is 28.4 Å². The van der Waals surface area contributed by atoms with E-state index in [1.165, 1.54) is 0 Å². The topological polar surface area (TPSA) is 113 Å². The Kier molecular flexibility index (Phi) is 3.46. The molecule has 2 aromatic carbocycles. The molecule has 2 aromatic heterocycles. The number of H-pyrrole nitrogens is 1. The summed E-state index contributed by atoms with van der Waals surface area (Å²) in [4.78, 5) is 8.03. The summed E-state index contributed by atoms with van der Waals surface area (Å²) in [6, 6.07) is 13.1. The van der Waals surface area contributed by atoms with Crippen LogP contribution in [0.2, 0.25) is 0 Å². The van der Waals surface area contributed by atoms with Crippen molar-refractivity contribution in [1.82, 2.24) is 20.2 Å². The van der Waals surface area contributed by atoms with Crippen molar-refractivity contribution in [3.63, 3.8) is 0 Å². The van der Waals surface area contributed by atoms with Crippen LogP contribution in [-0.2, 0) is 0 Å². The first-order valence-electron chi connectivity index (χ1n) is 7.74. The van der Waals surface area contributed by atoms with Gasteiger partial charge in [0.15, 0.2) is 0 Å². The number of aromatic amines is 1. The predicted molar refractivity (Wildman–Crippen MR) is 97.7 cm³/mol. The second-order valence-corrected chi connectivity index (χ2v) is 5.76. The summed E-state index contributed by atoms with van der Waals surface area (Å²) in [7, 11) is 0. The lowest BCUT2D eigenvalue weighted by Gasteiger charge is -2.07. The lowest BCUT2D eigenvalue weighted by atomic mass is 10.0. The number of fused-ring (bicyclic) bond motifs is 1. The number of aromatic nitrogens is 4. The highest BCUT2D eigenvalue weighted by Gasteiger charge is 2.10. The molecule has 4 rings (SSSR count). The Morgan fingerprint density at radius 3 is 2.80 bits per heavy atom. The van der Waals surface area contributed by atoms with E-state index in [1.54, 1.807) is 18.3 Å². The van der Waals surface area contributed by atoms with Gasteiger partial charge in [0.05, 0.1) is 11.2 Å². The van der Waals surface area contributed by atoms with E-state index in [4.69, 9.17) is 5.73 Å². The average molecular weight is 332 g/mol. The molecule has 0 aliphatic carbocycles. The maximum atomic E-state index is 9.72. The van der Waals surface area contributed by atoms with Gasteiger partial charge < -0.3 is 16.2 Å². The fourth-order valence-electron chi connectivity index (χ4n) is 2.71. The van der Waals surface area contributed by atoms with Crippen molar-refractivity contribution in [2.24, 2.45) is 0 Å². The molecule has 0 amide bonds. The van der Waals surface area contributed by atoms with Gasteiger partial charge in [-0.3, -0.25) is 5.10 Å². The molecule has 5 N–H and O–H groups in total. The van der Waals surface area contributed by atoms with Gasteiger partial charge in [-0.1, -0.05) is 0 Å². The van der Waals surface area contributed by atoms with E-state index in [9.17, 15) is 5.11 Å². The van der Waals surface area contributed by atoms with Gasteiger partial charge in [0.2, 0.25) is 5.95 Å². The monoisotopic (exact) mass is 332 g/mol. The molecule has 2 heterocycles. The molecule has 0 bridgehead atoms. The van der Waals surface area contributed by atoms with Crippen LogP contribution in [-0.4, -0.2) is 25.3 Å². The third kappa shape index (κ3) is 2.83. The Morgan fingerprint density at radius 1 is 1.12 bits per heavy atom. The zero-order valence-electron chi connectivity index (χ0n) is 13.5. The van der Waals surface area contributed by atoms with Crippen LogP contribution in [0.1, 0.15) is 5.56 Å². The molecule has 0 aliphatic heterocycles. The highest BCUT2D eigenvalue weighted by Crippen LogP contribution is 2.31. The van der Waals surface area contributed by atoms with Crippen LogP contribution in [0.5, 0.6) is 5.75 Å². The number of benzene rings is 2. The fourth-order valence-corrected chi connectivity index (χ4v) is 2.71. The normalized spacial score (nSPS) is 10.9. The smallest absolute Gasteiger partial charge is 0.221 e. The standard InChI is InChI=1S/C18H16N6O/c1-10-8-11(2-5-15(10)25)17-13-9-12(3-4-14(13)23-24-17)21-16-6-7-20-18(19)22-16/h2-9,25H,1H3,(H,23,24)(H3,19,20,21,22). The van der Waals surface area contributed by atoms with E-state index in [-0.39, 0.29) is 11.7 Å². The van der Waals surface area contributed by atoms with Gasteiger partial charge in [-0.25, -0.2) is 4.98 Å². The molecule has 124 valence electrons. The molecular formula is C18H16N6O. The number of rotatable bonds is 3. The molecule has 25 heavy (non-hydrogen) atoms. The summed E-state index contributed by atoms with van der Waals surface area (Å²) in [5, 5.41) is 21.4. The second-order valence-electron chi connectivity index (χ2n) is 5.76. The van der Waals surface area contributed by atoms with Crippen molar-refractivity contribution in [3.8, 4) is 17.0 Å². The second kappa shape index (κ2) is 5.79. The highest BCUT2D eigenvalue weighted by molar-refractivity contribution is 5.95. The van der Waals surface area contributed by atoms with Crippen molar-refractivity contribution in [2.75, 3.05) is 11.1 Å². The minimum absolute atomic E-state index is 0.217. The van der Waals surface area contributed by atoms with Gasteiger partial charge in [0.25, 0.3) is 0 Å². The first-order chi connectivity index (χ1) is 12.1. The summed E-state index contributed by atoms with van der Waals surface area (Å²) in [6.45, 7) is 1.86. The van der Waals surface area contributed by atoms with Crippen LogP contribution in [0.15, 0.2) is 48.7 Å². The Morgan fingerprint density at radius 2 is 2.00 bits per heavy atom. The van der Waals surface area contributed by atoms with E-state index in [1.807, 2.05) is 37.3 Å². The van der Waals surface area contributed by atoms with Crippen molar-refractivity contribution in [1.29, 1.82) is 0 Å². The molecule has 0 unspecified atom stereocenters. The number of hydrogen-bond donors (Lipinski definition) is 4. The number of nitrogens with zero attached hydrogens (tertiary/aromatic N) is 3. The number of anilines is 3. The zero-order chi connectivity index (χ0) is 17.4. The number of nitrogens with two attached hydrogens (primary N) is 1. The number of aryl methyl sites for hydroxylation is 1. The molecule has 0 saturated carbocycles. The molecular weight excluding hydrogens is 316 g/mol. The Labute approximate surface area is 143 Å². The Hall–Kier alpha value is -3.61. The van der Waals surface area contributed by atoms with Gasteiger partial charge in [0, 0.05) is 22.8 Å². The summed E-state index contributed by atoms with van der Waals surface area (Å²) in [5.74, 6) is 1.11. The number of phenolic OH excluding ortho intramolecular Hbond substituents is 1. The van der Waals surface area contributed by atoms with Gasteiger partial charge in [-0.05, 0) is 55.0 Å². The minimum atomic E-state index is 0.217. The first kappa shape index (κ1) is 14.9. The van der Waals surface area contributed by atoms with Crippen molar-refractivity contribution in [2.45, 2.75) is 6.92 Å². The third-order valence-corrected chi connectivity index (χ3v) is 3.98. The summed E-state index contributed by atoms with van der Waals surface area (Å²) < 4.78 is 0.